The van der Waals surface area contributed by atoms with Gasteiger partial charge in [0.2, 0.25) is 0 Å². The molecule has 1 fully saturated rings. The molecular weight excluding hydrogens is 164 g/mol. The summed E-state index contributed by atoms with van der Waals surface area (Å²) in [6.07, 6.45) is 1.10. The van der Waals surface area contributed by atoms with Crippen molar-refractivity contribution in [2.75, 3.05) is 0 Å². The number of ether oxygens (including phenoxy) is 1. The summed E-state index contributed by atoms with van der Waals surface area (Å²) in [5, 5.41) is 0. The lowest BCUT2D eigenvalue weighted by Gasteiger charge is -2.00. The van der Waals surface area contributed by atoms with Gasteiger partial charge < -0.3 is 4.74 Å². The van der Waals surface area contributed by atoms with Crippen LogP contribution in [0, 0.1) is 0 Å². The summed E-state index contributed by atoms with van der Waals surface area (Å²) in [6.45, 7) is 1.46. The molecule has 0 aliphatic heterocycles. The fourth-order valence-corrected chi connectivity index (χ4v) is 1.57. The molecule has 0 unspecified atom stereocenters. The van der Waals surface area contributed by atoms with Gasteiger partial charge in [0, 0.05) is 12.8 Å². The number of rotatable bonds is 2. The van der Waals surface area contributed by atoms with Crippen molar-refractivity contribution in [1.29, 1.82) is 0 Å². The molecule has 68 valence electrons. The van der Waals surface area contributed by atoms with E-state index in [0.717, 1.165) is 6.42 Å². The molecule has 2 rings (SSSR count). The van der Waals surface area contributed by atoms with Crippen molar-refractivity contribution in [3.63, 3.8) is 0 Å². The number of hydrogen-bond acceptors (Lipinski definition) is 2. The normalized spacial score (nSPS) is 25.3. The molecule has 0 N–H and O–H groups in total. The van der Waals surface area contributed by atoms with Gasteiger partial charge in [-0.1, -0.05) is 30.3 Å². The average molecular weight is 176 g/mol. The minimum Gasteiger partial charge on any atom is -0.462 e. The van der Waals surface area contributed by atoms with Gasteiger partial charge in [-0.15, -0.1) is 0 Å². The standard InChI is InChI=1S/C11H12O2/c1-8(12)13-11-7-10(11)9-5-3-2-4-6-9/h2-6,10-11H,7H2,1H3/t10-,11-/m1/s1. The van der Waals surface area contributed by atoms with E-state index in [4.69, 9.17) is 4.74 Å². The fraction of sp³-hybridized carbons (Fsp3) is 0.364. The predicted octanol–water partition coefficient (Wildman–Crippen LogP) is 2.11. The lowest BCUT2D eigenvalue weighted by molar-refractivity contribution is -0.142. The maximum atomic E-state index is 10.6. The van der Waals surface area contributed by atoms with E-state index in [2.05, 4.69) is 12.1 Å². The van der Waals surface area contributed by atoms with E-state index in [1.165, 1.54) is 12.5 Å². The third kappa shape index (κ3) is 1.89. The SMILES string of the molecule is CC(=O)O[C@@H]1C[C@@H]1c1ccccc1. The molecule has 2 nitrogen and oxygen atoms in total. The van der Waals surface area contributed by atoms with Crippen LogP contribution in [0.4, 0.5) is 0 Å². The van der Waals surface area contributed by atoms with Crippen LogP contribution >= 0.6 is 0 Å². The summed E-state index contributed by atoms with van der Waals surface area (Å²) in [5.41, 5.74) is 1.27. The molecule has 0 amide bonds. The highest BCUT2D eigenvalue weighted by atomic mass is 16.5. The smallest absolute Gasteiger partial charge is 0.302 e. The Bertz CT molecular complexity index is 305. The molecule has 0 spiro atoms. The molecule has 1 saturated carbocycles. The Morgan fingerprint density at radius 3 is 2.69 bits per heavy atom. The number of hydrogen-bond donors (Lipinski definition) is 0. The summed E-state index contributed by atoms with van der Waals surface area (Å²) in [7, 11) is 0. The topological polar surface area (TPSA) is 26.3 Å². The Morgan fingerprint density at radius 1 is 1.38 bits per heavy atom. The Hall–Kier alpha value is -1.31. The van der Waals surface area contributed by atoms with E-state index in [1.54, 1.807) is 0 Å². The summed E-state index contributed by atoms with van der Waals surface area (Å²) in [6, 6.07) is 10.2. The second-order valence-electron chi connectivity index (χ2n) is 3.40. The van der Waals surface area contributed by atoms with Crippen molar-refractivity contribution in [1.82, 2.24) is 0 Å². The second kappa shape index (κ2) is 3.21. The lowest BCUT2D eigenvalue weighted by atomic mass is 10.1. The van der Waals surface area contributed by atoms with Gasteiger partial charge in [0.15, 0.2) is 0 Å². The molecule has 0 radical (unpaired) electrons. The van der Waals surface area contributed by atoms with Crippen molar-refractivity contribution in [2.24, 2.45) is 0 Å². The van der Waals surface area contributed by atoms with Gasteiger partial charge in [-0.2, -0.15) is 0 Å². The van der Waals surface area contributed by atoms with Crippen molar-refractivity contribution >= 4 is 5.97 Å². The van der Waals surface area contributed by atoms with Crippen LogP contribution < -0.4 is 0 Å². The summed E-state index contributed by atoms with van der Waals surface area (Å²) < 4.78 is 5.09. The molecule has 0 heterocycles. The molecule has 2 atom stereocenters. The summed E-state index contributed by atoms with van der Waals surface area (Å²) in [4.78, 5) is 10.6. The third-order valence-corrected chi connectivity index (χ3v) is 2.28. The number of carbonyl (C=O) groups is 1. The van der Waals surface area contributed by atoms with Crippen LogP contribution in [-0.2, 0) is 9.53 Å². The molecule has 13 heavy (non-hydrogen) atoms. The van der Waals surface area contributed by atoms with Crippen LogP contribution in [0.2, 0.25) is 0 Å². The van der Waals surface area contributed by atoms with Gasteiger partial charge in [0.05, 0.1) is 0 Å². The molecular formula is C11H12O2. The van der Waals surface area contributed by atoms with Gasteiger partial charge in [-0.05, 0) is 12.0 Å². The molecule has 0 bridgehead atoms. The van der Waals surface area contributed by atoms with Gasteiger partial charge in [0.25, 0.3) is 0 Å². The van der Waals surface area contributed by atoms with Crippen LogP contribution in [0.3, 0.4) is 0 Å². The quantitative estimate of drug-likeness (QED) is 0.645. The average Bonchev–Trinajstić information content (AvgIpc) is 2.84. The highest BCUT2D eigenvalue weighted by Gasteiger charge is 2.41. The first-order valence-corrected chi connectivity index (χ1v) is 4.49. The number of carbonyl (C=O) groups excluding carboxylic acids is 1. The first kappa shape index (κ1) is 8.30. The monoisotopic (exact) mass is 176 g/mol. The Balaban J connectivity index is 1.97. The van der Waals surface area contributed by atoms with E-state index >= 15 is 0 Å². The van der Waals surface area contributed by atoms with Gasteiger partial charge in [-0.3, -0.25) is 4.79 Å². The zero-order chi connectivity index (χ0) is 9.26. The lowest BCUT2D eigenvalue weighted by Crippen LogP contribution is -2.02. The molecule has 1 aromatic rings. The van der Waals surface area contributed by atoms with Crippen LogP contribution in [0.15, 0.2) is 30.3 Å². The van der Waals surface area contributed by atoms with E-state index in [1.807, 2.05) is 18.2 Å². The first-order chi connectivity index (χ1) is 6.27. The third-order valence-electron chi connectivity index (χ3n) is 2.28. The minimum atomic E-state index is -0.177. The zero-order valence-electron chi connectivity index (χ0n) is 7.57. The van der Waals surface area contributed by atoms with E-state index in [-0.39, 0.29) is 12.1 Å². The van der Waals surface area contributed by atoms with Crippen molar-refractivity contribution in [2.45, 2.75) is 25.4 Å². The molecule has 0 saturated heterocycles. The molecule has 0 aromatic heterocycles. The maximum absolute atomic E-state index is 10.6. The molecule has 1 aliphatic rings. The zero-order valence-corrected chi connectivity index (χ0v) is 7.57. The van der Waals surface area contributed by atoms with Crippen LogP contribution in [0.5, 0.6) is 0 Å². The van der Waals surface area contributed by atoms with Crippen molar-refractivity contribution in [3.05, 3.63) is 35.9 Å². The van der Waals surface area contributed by atoms with Crippen molar-refractivity contribution in [3.8, 4) is 0 Å². The highest BCUT2D eigenvalue weighted by molar-refractivity contribution is 5.66. The first-order valence-electron chi connectivity index (χ1n) is 4.49. The van der Waals surface area contributed by atoms with Gasteiger partial charge in [-0.25, -0.2) is 0 Å². The Labute approximate surface area is 77.5 Å². The van der Waals surface area contributed by atoms with Crippen LogP contribution in [0.25, 0.3) is 0 Å². The van der Waals surface area contributed by atoms with Gasteiger partial charge in [0.1, 0.15) is 6.10 Å². The second-order valence-corrected chi connectivity index (χ2v) is 3.40. The Morgan fingerprint density at radius 2 is 2.08 bits per heavy atom. The van der Waals surface area contributed by atoms with E-state index < -0.39 is 0 Å². The molecule has 1 aromatic carbocycles. The van der Waals surface area contributed by atoms with E-state index in [0.29, 0.717) is 5.92 Å². The summed E-state index contributed by atoms with van der Waals surface area (Å²) in [5.74, 6) is 0.258. The fourth-order valence-electron chi connectivity index (χ4n) is 1.57. The Kier molecular flexibility index (Phi) is 2.05. The minimum absolute atomic E-state index is 0.125. The predicted molar refractivity (Wildman–Crippen MR) is 49.4 cm³/mol. The van der Waals surface area contributed by atoms with E-state index in [9.17, 15) is 4.79 Å². The molecule has 1 aliphatic carbocycles. The largest absolute Gasteiger partial charge is 0.462 e. The molecule has 2 heteroatoms. The van der Waals surface area contributed by atoms with Gasteiger partial charge >= 0.3 is 5.97 Å². The summed E-state index contributed by atoms with van der Waals surface area (Å²) >= 11 is 0. The maximum Gasteiger partial charge on any atom is 0.302 e. The number of benzene rings is 1. The van der Waals surface area contributed by atoms with Crippen LogP contribution in [0.1, 0.15) is 24.8 Å². The number of esters is 1. The highest BCUT2D eigenvalue weighted by Crippen LogP contribution is 2.43. The van der Waals surface area contributed by atoms with Crippen LogP contribution in [-0.4, -0.2) is 12.1 Å². The van der Waals surface area contributed by atoms with Crippen molar-refractivity contribution < 1.29 is 9.53 Å².